The van der Waals surface area contributed by atoms with Gasteiger partial charge in [-0.1, -0.05) is 73.7 Å². The number of hydrogen-bond donors (Lipinski definition) is 0. The van der Waals surface area contributed by atoms with Crippen molar-refractivity contribution in [3.63, 3.8) is 0 Å². The van der Waals surface area contributed by atoms with Crippen molar-refractivity contribution in [2.24, 2.45) is 0 Å². The first-order valence-electron chi connectivity index (χ1n) is 13.1. The van der Waals surface area contributed by atoms with Crippen LogP contribution in [-0.2, 0) is 17.7 Å². The van der Waals surface area contributed by atoms with E-state index in [-0.39, 0.29) is 5.92 Å². The molecule has 0 unspecified atom stereocenters. The molecule has 36 heavy (non-hydrogen) atoms. The smallest absolute Gasteiger partial charge is 0.0645 e. The quantitative estimate of drug-likeness (QED) is 0.164. The Morgan fingerprint density at radius 3 is 2.47 bits per heavy atom. The molecule has 186 valence electrons. The van der Waals surface area contributed by atoms with Gasteiger partial charge in [0.1, 0.15) is 0 Å². The van der Waals surface area contributed by atoms with Crippen LogP contribution in [0, 0.1) is 6.92 Å². The number of allylic oxidation sites excluding steroid dienone is 5. The van der Waals surface area contributed by atoms with Crippen molar-refractivity contribution in [1.29, 1.82) is 0 Å². The van der Waals surface area contributed by atoms with Crippen LogP contribution in [0.5, 0.6) is 0 Å². The highest BCUT2D eigenvalue weighted by atomic mass is 16.5. The molecule has 0 saturated carbocycles. The van der Waals surface area contributed by atoms with Crippen LogP contribution >= 0.6 is 0 Å². The van der Waals surface area contributed by atoms with E-state index in [9.17, 15) is 0 Å². The fraction of sp³-hybridized carbons (Fsp3) is 0.294. The van der Waals surface area contributed by atoms with E-state index in [0.29, 0.717) is 6.61 Å². The normalized spacial score (nSPS) is 13.2. The van der Waals surface area contributed by atoms with Crippen LogP contribution in [0.25, 0.3) is 27.4 Å². The third-order valence-electron chi connectivity index (χ3n) is 7.19. The predicted molar refractivity (Wildman–Crippen MR) is 157 cm³/mol. The second kappa shape index (κ2) is 11.6. The lowest BCUT2D eigenvalue weighted by atomic mass is 9.87. The van der Waals surface area contributed by atoms with Crippen LogP contribution in [0.2, 0.25) is 0 Å². The van der Waals surface area contributed by atoms with Gasteiger partial charge in [0, 0.05) is 40.9 Å². The molecule has 2 heteroatoms. The summed E-state index contributed by atoms with van der Waals surface area (Å²) in [5, 5.41) is 2.62. The molecule has 0 aliphatic carbocycles. The van der Waals surface area contributed by atoms with Crippen LogP contribution in [-0.4, -0.2) is 17.8 Å². The van der Waals surface area contributed by atoms with Crippen molar-refractivity contribution < 1.29 is 4.74 Å². The largest absolute Gasteiger partial charge is 0.380 e. The molecule has 0 bridgehead atoms. The van der Waals surface area contributed by atoms with E-state index < -0.39 is 0 Å². The first-order valence-corrected chi connectivity index (χ1v) is 13.1. The van der Waals surface area contributed by atoms with Crippen LogP contribution in [0.15, 0.2) is 91.0 Å². The topological polar surface area (TPSA) is 14.2 Å². The van der Waals surface area contributed by atoms with Gasteiger partial charge in [-0.2, -0.15) is 0 Å². The van der Waals surface area contributed by atoms with Gasteiger partial charge in [-0.25, -0.2) is 0 Å². The Morgan fingerprint density at radius 1 is 1.03 bits per heavy atom. The van der Waals surface area contributed by atoms with E-state index >= 15 is 0 Å². The molecule has 0 N–H and O–H groups in total. The molecular formula is C34H39NO. The highest BCUT2D eigenvalue weighted by molar-refractivity contribution is 6.08. The van der Waals surface area contributed by atoms with Crippen molar-refractivity contribution in [3.05, 3.63) is 113 Å². The van der Waals surface area contributed by atoms with Crippen molar-refractivity contribution in [3.8, 4) is 0 Å². The molecule has 0 fully saturated rings. The molecule has 1 atom stereocenters. The molecule has 0 aliphatic rings. The summed E-state index contributed by atoms with van der Waals surface area (Å²) in [4.78, 5) is 0. The minimum Gasteiger partial charge on any atom is -0.380 e. The zero-order chi connectivity index (χ0) is 25.7. The Morgan fingerprint density at radius 2 is 1.75 bits per heavy atom. The van der Waals surface area contributed by atoms with Crippen molar-refractivity contribution in [2.45, 2.75) is 53.5 Å². The summed E-state index contributed by atoms with van der Waals surface area (Å²) in [5.41, 5.74) is 10.2. The second-order valence-corrected chi connectivity index (χ2v) is 9.75. The molecule has 0 saturated heterocycles. The van der Waals surface area contributed by atoms with Gasteiger partial charge in [0.05, 0.1) is 6.61 Å². The third kappa shape index (κ3) is 5.39. The third-order valence-corrected chi connectivity index (χ3v) is 7.19. The minimum absolute atomic E-state index is 0.228. The lowest BCUT2D eigenvalue weighted by molar-refractivity contribution is 0.140. The van der Waals surface area contributed by atoms with E-state index in [0.717, 1.165) is 25.1 Å². The fourth-order valence-electron chi connectivity index (χ4n) is 5.10. The SMILES string of the molecule is C=C(c1ccccc1C)[C@@H](C)c1ccc2c(c1)c1cc(C/C(C)=C/C=C\C)ccc1n2CCOCC. The first-order chi connectivity index (χ1) is 17.4. The number of nitrogens with zero attached hydrogens (tertiary/aromatic N) is 1. The van der Waals surface area contributed by atoms with Gasteiger partial charge in [-0.05, 0) is 86.2 Å². The summed E-state index contributed by atoms with van der Waals surface area (Å²) in [6.07, 6.45) is 7.34. The highest BCUT2D eigenvalue weighted by Crippen LogP contribution is 2.36. The average molecular weight is 478 g/mol. The molecule has 0 amide bonds. The van der Waals surface area contributed by atoms with Crippen molar-refractivity contribution in [2.75, 3.05) is 13.2 Å². The average Bonchev–Trinajstić information content (AvgIpc) is 3.19. The standard InChI is InChI=1S/C34H39NO/c1-7-9-12-24(3)21-28-15-17-33-31(22-28)32-23-29(16-18-34(32)35(33)19-20-36-8-2)26(5)27(6)30-14-11-10-13-25(30)4/h7,9-18,22-23,26H,6,8,19-21H2,1-5H3/b9-7-,24-12+/t26-/m1/s1. The number of aromatic nitrogens is 1. The predicted octanol–water partition coefficient (Wildman–Crippen LogP) is 9.02. The molecule has 1 aromatic heterocycles. The Bertz CT molecular complexity index is 1430. The maximum atomic E-state index is 5.73. The van der Waals surface area contributed by atoms with Crippen LogP contribution in [0.1, 0.15) is 55.9 Å². The Hall–Kier alpha value is -3.36. The number of rotatable bonds is 10. The Balaban J connectivity index is 1.79. The molecule has 4 rings (SSSR count). The molecule has 0 radical (unpaired) electrons. The lowest BCUT2D eigenvalue weighted by Crippen LogP contribution is -2.05. The first kappa shape index (κ1) is 25.7. The van der Waals surface area contributed by atoms with Crippen molar-refractivity contribution in [1.82, 2.24) is 4.57 Å². The van der Waals surface area contributed by atoms with E-state index in [2.05, 4.69) is 125 Å². The number of benzene rings is 3. The molecular weight excluding hydrogens is 438 g/mol. The molecule has 4 aromatic rings. The number of ether oxygens (including phenoxy) is 1. The molecule has 3 aromatic carbocycles. The molecule has 1 heterocycles. The molecule has 0 spiro atoms. The maximum absolute atomic E-state index is 5.73. The zero-order valence-corrected chi connectivity index (χ0v) is 22.5. The van der Waals surface area contributed by atoms with E-state index in [1.54, 1.807) is 0 Å². The minimum atomic E-state index is 0.228. The maximum Gasteiger partial charge on any atom is 0.0645 e. The lowest BCUT2D eigenvalue weighted by Gasteiger charge is -2.18. The van der Waals surface area contributed by atoms with Gasteiger partial charge in [0.15, 0.2) is 0 Å². The number of aryl methyl sites for hydroxylation is 1. The summed E-state index contributed by atoms with van der Waals surface area (Å²) < 4.78 is 8.14. The van der Waals surface area contributed by atoms with E-state index in [4.69, 9.17) is 4.74 Å². The second-order valence-electron chi connectivity index (χ2n) is 9.75. The number of hydrogen-bond acceptors (Lipinski definition) is 1. The molecule has 2 nitrogen and oxygen atoms in total. The van der Waals surface area contributed by atoms with Crippen molar-refractivity contribution >= 4 is 27.4 Å². The van der Waals surface area contributed by atoms with E-state index in [1.165, 1.54) is 49.6 Å². The monoisotopic (exact) mass is 477 g/mol. The Kier molecular flexibility index (Phi) is 8.28. The summed E-state index contributed by atoms with van der Waals surface area (Å²) >= 11 is 0. The summed E-state index contributed by atoms with van der Waals surface area (Å²) in [5.74, 6) is 0.228. The highest BCUT2D eigenvalue weighted by Gasteiger charge is 2.17. The van der Waals surface area contributed by atoms with Gasteiger partial charge in [-0.15, -0.1) is 0 Å². The van der Waals surface area contributed by atoms with Crippen LogP contribution in [0.4, 0.5) is 0 Å². The van der Waals surface area contributed by atoms with Gasteiger partial charge in [0.25, 0.3) is 0 Å². The zero-order valence-electron chi connectivity index (χ0n) is 22.5. The van der Waals surface area contributed by atoms with Gasteiger partial charge in [0.2, 0.25) is 0 Å². The molecule has 0 aliphatic heterocycles. The Labute approximate surface area is 216 Å². The fourth-order valence-corrected chi connectivity index (χ4v) is 5.10. The summed E-state index contributed by atoms with van der Waals surface area (Å²) in [7, 11) is 0. The summed E-state index contributed by atoms with van der Waals surface area (Å²) in [6.45, 7) is 17.5. The summed E-state index contributed by atoms with van der Waals surface area (Å²) in [6, 6.07) is 22.4. The van der Waals surface area contributed by atoms with Gasteiger partial charge < -0.3 is 9.30 Å². The van der Waals surface area contributed by atoms with E-state index in [1.807, 2.05) is 0 Å². The van der Waals surface area contributed by atoms with Crippen LogP contribution < -0.4 is 0 Å². The van der Waals surface area contributed by atoms with Gasteiger partial charge in [-0.3, -0.25) is 0 Å². The van der Waals surface area contributed by atoms with Crippen LogP contribution in [0.3, 0.4) is 0 Å². The number of fused-ring (bicyclic) bond motifs is 3. The van der Waals surface area contributed by atoms with Gasteiger partial charge >= 0.3 is 0 Å².